The van der Waals surface area contributed by atoms with Gasteiger partial charge in [0, 0.05) is 34.6 Å². The Morgan fingerprint density at radius 1 is 0.803 bits per heavy atom. The number of H-pyrrole nitrogens is 2. The Bertz CT molecular complexity index is 2780. The summed E-state index contributed by atoms with van der Waals surface area (Å²) in [7, 11) is -5.18. The summed E-state index contributed by atoms with van der Waals surface area (Å²) in [5.41, 5.74) is -7.02. The first-order valence-electron chi connectivity index (χ1n) is 17.9. The average Bonchev–Trinajstić information content (AvgIpc) is 3.82. The molecule has 2 unspecified atom stereocenters. The van der Waals surface area contributed by atoms with E-state index in [1.807, 2.05) is 9.97 Å². The predicted molar refractivity (Wildman–Crippen MR) is 204 cm³/mol. The minimum atomic E-state index is -5.18. The van der Waals surface area contributed by atoms with Gasteiger partial charge < -0.3 is 24.6 Å². The highest BCUT2D eigenvalue weighted by Crippen LogP contribution is 2.49. The maximum Gasteiger partial charge on any atom is 0.472 e. The highest BCUT2D eigenvalue weighted by atomic mass is 31.2. The second-order valence-electron chi connectivity index (χ2n) is 13.7. The van der Waals surface area contributed by atoms with Crippen molar-refractivity contribution in [2.45, 2.75) is 63.6 Å². The molecule has 0 radical (unpaired) electrons. The van der Waals surface area contributed by atoms with Gasteiger partial charge in [0.1, 0.15) is 47.0 Å². The number of nitrogens with one attached hydrogen (secondary N) is 2. The molecular weight excluding hydrogens is 835 g/mol. The number of aliphatic hydroxyl groups excluding tert-OH is 2. The number of carbonyl (C=O) groups is 4. The summed E-state index contributed by atoms with van der Waals surface area (Å²) in [4.78, 5) is 138. The van der Waals surface area contributed by atoms with Crippen LogP contribution in [0.5, 0.6) is 0 Å². The van der Waals surface area contributed by atoms with Crippen LogP contribution < -0.4 is 22.5 Å². The molecule has 0 aliphatic carbocycles. The largest absolute Gasteiger partial charge is 0.472 e. The number of hydrogen-bond acceptors (Lipinski definition) is 19. The number of aliphatic hydroxyl groups is 2. The summed E-state index contributed by atoms with van der Waals surface area (Å²) in [6.45, 7) is 0.743. The Balaban J connectivity index is 1.13. The molecule has 0 spiro atoms. The van der Waals surface area contributed by atoms with Crippen LogP contribution in [0.3, 0.4) is 0 Å². The van der Waals surface area contributed by atoms with Crippen LogP contribution in [-0.4, -0.2) is 95.0 Å². The third-order valence-electron chi connectivity index (χ3n) is 9.74. The minimum Gasteiger partial charge on any atom is -0.394 e. The molecule has 7 atom stereocenters. The smallest absolute Gasteiger partial charge is 0.394 e. The maximum absolute atomic E-state index is 13.3. The third-order valence-corrected chi connectivity index (χ3v) is 10.7. The first-order valence-corrected chi connectivity index (χ1v) is 19.4. The lowest BCUT2D eigenvalue weighted by molar-refractivity contribution is -0.0558. The lowest BCUT2D eigenvalue weighted by Crippen LogP contribution is -2.40. The number of ketones is 4. The molecule has 24 nitrogen and oxygen atoms in total. The number of carbonyl (C=O) groups excluding carboxylic acids is 4. The number of aromatic amines is 2. The molecule has 2 aliphatic heterocycles. The maximum atomic E-state index is 13.3. The van der Waals surface area contributed by atoms with Gasteiger partial charge in [-0.15, -0.1) is 9.81 Å². The first-order chi connectivity index (χ1) is 28.9. The van der Waals surface area contributed by atoms with Crippen LogP contribution in [0.1, 0.15) is 91.7 Å². The van der Waals surface area contributed by atoms with E-state index in [0.29, 0.717) is 10.8 Å². The van der Waals surface area contributed by atoms with E-state index >= 15 is 0 Å². The summed E-state index contributed by atoms with van der Waals surface area (Å²) in [6.07, 6.45) is -7.64. The quantitative estimate of drug-likeness (QED) is 0.0599. The number of aromatic nitrogens is 4. The zero-order chi connectivity index (χ0) is 44.5. The molecule has 6 rings (SSSR count). The van der Waals surface area contributed by atoms with Crippen LogP contribution >= 0.6 is 7.82 Å². The Morgan fingerprint density at radius 3 is 1.80 bits per heavy atom. The van der Waals surface area contributed by atoms with Gasteiger partial charge in [-0.1, -0.05) is 12.1 Å². The van der Waals surface area contributed by atoms with Gasteiger partial charge in [0.05, 0.1) is 19.3 Å². The van der Waals surface area contributed by atoms with E-state index < -0.39 is 120 Å². The molecule has 2 fully saturated rings. The predicted octanol–water partition coefficient (Wildman–Crippen LogP) is 1.18. The standard InChI is InChI=1S/C36H33N6O18P/c1-15(44)20-6-3-17(9-24(20)39-53)28(46)22-11-41(35(51)37-32(22)49)27-8-5-19(58-27)14-57-61(55,56)60-31-26(13-43)59-34(30(31)48)42-12-23(33(50)38-36(42)52)29(47)18-4-7-21(16(2)45)25(10-18)40-54/h3-4,6-7,9-12,19,26-27,30-31,34,43,48H,5,8,13-14H2,1-2H3,(H,55,56)(H,37,49,51)(H,38,50,52)/t19-,26+,27?,30+,31+,34+/m0/s1. The average molecular weight is 869 g/mol. The zero-order valence-corrected chi connectivity index (χ0v) is 32.5. The molecule has 4 aromatic rings. The fourth-order valence-corrected chi connectivity index (χ4v) is 7.69. The van der Waals surface area contributed by atoms with E-state index in [1.165, 1.54) is 19.1 Å². The Morgan fingerprint density at radius 2 is 1.31 bits per heavy atom. The van der Waals surface area contributed by atoms with Gasteiger partial charge in [0.15, 0.2) is 29.4 Å². The van der Waals surface area contributed by atoms with E-state index in [2.05, 4.69) is 10.4 Å². The molecule has 2 saturated heterocycles. The molecule has 2 aromatic carbocycles. The van der Waals surface area contributed by atoms with Crippen molar-refractivity contribution in [3.05, 3.63) is 134 Å². The molecule has 0 amide bonds. The van der Waals surface area contributed by atoms with Crippen molar-refractivity contribution in [3.8, 4) is 0 Å². The number of hydrogen-bond donors (Lipinski definition) is 5. The van der Waals surface area contributed by atoms with Gasteiger partial charge in [-0.2, -0.15) is 0 Å². The van der Waals surface area contributed by atoms with E-state index in [9.17, 15) is 67.8 Å². The van der Waals surface area contributed by atoms with Crippen molar-refractivity contribution in [1.82, 2.24) is 19.1 Å². The number of Topliss-reactive ketones (excluding diaryl/α,β-unsaturated/α-hetero) is 2. The first kappa shape index (κ1) is 44.2. The molecule has 2 aliphatic rings. The van der Waals surface area contributed by atoms with Gasteiger partial charge in [-0.25, -0.2) is 14.2 Å². The number of rotatable bonds is 16. The van der Waals surface area contributed by atoms with Crippen molar-refractivity contribution >= 4 is 42.3 Å². The number of nitroso groups, excluding NO2 is 2. The monoisotopic (exact) mass is 868 g/mol. The Labute approximate surface area is 339 Å². The van der Waals surface area contributed by atoms with Crippen molar-refractivity contribution in [2.75, 3.05) is 13.2 Å². The topological polar surface area (TPSA) is 352 Å². The number of nitrogens with zero attached hydrogens (tertiary/aromatic N) is 4. The number of phosphoric ester groups is 1. The Kier molecular flexibility index (Phi) is 12.8. The highest BCUT2D eigenvalue weighted by Gasteiger charge is 2.49. The molecule has 320 valence electrons. The molecule has 25 heteroatoms. The van der Waals surface area contributed by atoms with Crippen LogP contribution in [-0.2, 0) is 23.1 Å². The number of phosphoric acid groups is 1. The van der Waals surface area contributed by atoms with Gasteiger partial charge in [0.25, 0.3) is 11.1 Å². The summed E-state index contributed by atoms with van der Waals surface area (Å²) < 4.78 is 36.1. The van der Waals surface area contributed by atoms with Crippen LogP contribution in [0.4, 0.5) is 11.4 Å². The minimum absolute atomic E-state index is 0.0565. The molecule has 61 heavy (non-hydrogen) atoms. The van der Waals surface area contributed by atoms with Crippen molar-refractivity contribution in [3.63, 3.8) is 0 Å². The number of benzene rings is 2. The molecule has 4 heterocycles. The van der Waals surface area contributed by atoms with Gasteiger partial charge >= 0.3 is 19.2 Å². The van der Waals surface area contributed by atoms with E-state index in [0.717, 1.165) is 42.0 Å². The second-order valence-corrected chi connectivity index (χ2v) is 15.1. The molecule has 5 N–H and O–H groups in total. The highest BCUT2D eigenvalue weighted by molar-refractivity contribution is 7.47. The van der Waals surface area contributed by atoms with Crippen LogP contribution in [0.15, 0.2) is 78.3 Å². The lowest BCUT2D eigenvalue weighted by atomic mass is 10.0. The Hall–Kier alpha value is -6.37. The second kappa shape index (κ2) is 17.7. The zero-order valence-electron chi connectivity index (χ0n) is 31.6. The summed E-state index contributed by atoms with van der Waals surface area (Å²) in [5.74, 6) is -2.98. The summed E-state index contributed by atoms with van der Waals surface area (Å²) in [6, 6.07) is 6.63. The van der Waals surface area contributed by atoms with Crippen molar-refractivity contribution < 1.29 is 57.4 Å². The summed E-state index contributed by atoms with van der Waals surface area (Å²) in [5, 5.41) is 26.6. The molecule has 0 bridgehead atoms. The normalized spacial score (nSPS) is 22.0. The lowest BCUT2D eigenvalue weighted by Gasteiger charge is -2.23. The molecular formula is C36H33N6O18P. The fourth-order valence-electron chi connectivity index (χ4n) is 6.70. The molecule has 0 saturated carbocycles. The fraction of sp³-hybridized carbons (Fsp3) is 0.333. The van der Waals surface area contributed by atoms with E-state index in [-0.39, 0.29) is 40.8 Å². The summed E-state index contributed by atoms with van der Waals surface area (Å²) >= 11 is 0. The number of ether oxygens (including phenoxy) is 2. The molecule has 2 aromatic heterocycles. The van der Waals surface area contributed by atoms with Gasteiger partial charge in [-0.3, -0.25) is 56.9 Å². The van der Waals surface area contributed by atoms with Crippen molar-refractivity contribution in [1.29, 1.82) is 0 Å². The third kappa shape index (κ3) is 9.06. The van der Waals surface area contributed by atoms with Crippen LogP contribution in [0.2, 0.25) is 0 Å². The van der Waals surface area contributed by atoms with E-state index in [1.54, 1.807) is 0 Å². The SMILES string of the molecule is CC(=O)c1ccc(C(=O)c2cn(C3CC[C@@H](COP(=O)(O)O[C@H]4[C@@H](O)[C@H](n5cc(C(=O)c6ccc(C(C)=O)c(N=O)c6)c(=O)[nH]c5=O)O[C@@H]4CO)O3)c(=O)[nH]c2=O)cc1N=O. The van der Waals surface area contributed by atoms with Crippen molar-refractivity contribution in [2.24, 2.45) is 10.4 Å². The van der Waals surface area contributed by atoms with Crippen LogP contribution in [0.25, 0.3) is 0 Å². The van der Waals surface area contributed by atoms with Gasteiger partial charge in [0.2, 0.25) is 0 Å². The van der Waals surface area contributed by atoms with Crippen LogP contribution in [0, 0.1) is 9.81 Å². The van der Waals surface area contributed by atoms with E-state index in [4.69, 9.17) is 18.5 Å². The van der Waals surface area contributed by atoms with Gasteiger partial charge in [-0.05, 0) is 61.3 Å².